The topological polar surface area (TPSA) is 94.6 Å². The minimum absolute atomic E-state index is 0.340. The third-order valence-electron chi connectivity index (χ3n) is 8.61. The van der Waals surface area contributed by atoms with Gasteiger partial charge in [0.15, 0.2) is 0 Å². The number of aryl methyl sites for hydroxylation is 2. The van der Waals surface area contributed by atoms with Crippen LogP contribution in [0.4, 0.5) is 0 Å². The number of imidazole rings is 2. The van der Waals surface area contributed by atoms with Crippen LogP contribution in [0, 0.1) is 0 Å². The maximum Gasteiger partial charge on any atom is 0.138 e. The first-order valence-electron chi connectivity index (χ1n) is 14.1. The molecule has 0 amide bonds. The van der Waals surface area contributed by atoms with E-state index in [1.807, 2.05) is 12.4 Å². The molecular formula is C31H32N6O. The summed E-state index contributed by atoms with van der Waals surface area (Å²) in [4.78, 5) is 16.5. The molecule has 3 aliphatic rings. The molecule has 2 fully saturated rings. The van der Waals surface area contributed by atoms with E-state index in [-0.39, 0.29) is 0 Å². The van der Waals surface area contributed by atoms with Gasteiger partial charge in [0.2, 0.25) is 0 Å². The fourth-order valence-corrected chi connectivity index (χ4v) is 6.58. The molecule has 192 valence electrons. The van der Waals surface area contributed by atoms with Crippen molar-refractivity contribution >= 4 is 11.0 Å². The van der Waals surface area contributed by atoms with Crippen LogP contribution in [0.15, 0.2) is 53.2 Å². The number of furan rings is 1. The second-order valence-electron chi connectivity index (χ2n) is 11.0. The molecule has 0 radical (unpaired) electrons. The number of fused-ring (bicyclic) bond motifs is 5. The normalized spacial score (nSPS) is 21.1. The molecule has 1 aliphatic carbocycles. The first-order valence-corrected chi connectivity index (χ1v) is 14.1. The monoisotopic (exact) mass is 504 g/mol. The largest absolute Gasteiger partial charge is 0.456 e. The zero-order chi connectivity index (χ0) is 25.1. The van der Waals surface area contributed by atoms with Gasteiger partial charge < -0.3 is 25.0 Å². The van der Waals surface area contributed by atoms with Crippen molar-refractivity contribution in [2.45, 2.75) is 57.0 Å². The van der Waals surface area contributed by atoms with E-state index < -0.39 is 0 Å². The number of rotatable bonds is 4. The van der Waals surface area contributed by atoms with Gasteiger partial charge in [-0.2, -0.15) is 0 Å². The lowest BCUT2D eigenvalue weighted by Crippen LogP contribution is -2.14. The highest BCUT2D eigenvalue weighted by Crippen LogP contribution is 2.41. The Morgan fingerprint density at radius 1 is 0.737 bits per heavy atom. The zero-order valence-corrected chi connectivity index (χ0v) is 21.4. The van der Waals surface area contributed by atoms with Gasteiger partial charge >= 0.3 is 0 Å². The third kappa shape index (κ3) is 3.72. The average Bonchev–Trinajstić information content (AvgIpc) is 3.77. The Kier molecular flexibility index (Phi) is 5.26. The van der Waals surface area contributed by atoms with Gasteiger partial charge in [0.25, 0.3) is 0 Å². The molecule has 5 heterocycles. The van der Waals surface area contributed by atoms with Crippen molar-refractivity contribution in [1.29, 1.82) is 0 Å². The van der Waals surface area contributed by atoms with E-state index >= 15 is 0 Å². The van der Waals surface area contributed by atoms with Gasteiger partial charge in [0.1, 0.15) is 23.0 Å². The van der Waals surface area contributed by atoms with Gasteiger partial charge in [-0.3, -0.25) is 0 Å². The van der Waals surface area contributed by atoms with Crippen LogP contribution in [0.3, 0.4) is 0 Å². The molecule has 1 unspecified atom stereocenters. The summed E-state index contributed by atoms with van der Waals surface area (Å²) in [7, 11) is 0. The highest BCUT2D eigenvalue weighted by molar-refractivity contribution is 5.92. The SMILES string of the molecule is c1cc2c(cc1-c1cnc(C3CCCN3)[nH]1)CCCc1c-2oc2ccc(-c3cnc([C@@H]4CCCN4)[nH]3)cc12. The number of benzene rings is 2. The Morgan fingerprint density at radius 3 is 2.11 bits per heavy atom. The summed E-state index contributed by atoms with van der Waals surface area (Å²) in [6.45, 7) is 2.14. The molecule has 0 saturated carbocycles. The molecule has 8 rings (SSSR count). The van der Waals surface area contributed by atoms with E-state index in [2.05, 4.69) is 67.0 Å². The summed E-state index contributed by atoms with van der Waals surface area (Å²) in [6.07, 6.45) is 11.8. The number of nitrogens with one attached hydrogen (secondary N) is 4. The Bertz CT molecular complexity index is 1630. The van der Waals surface area contributed by atoms with Crippen LogP contribution in [-0.4, -0.2) is 33.0 Å². The van der Waals surface area contributed by atoms with Crippen LogP contribution in [0.2, 0.25) is 0 Å². The van der Waals surface area contributed by atoms with Gasteiger partial charge in [-0.1, -0.05) is 12.1 Å². The summed E-state index contributed by atoms with van der Waals surface area (Å²) in [5.74, 6) is 3.11. The van der Waals surface area contributed by atoms with E-state index in [1.54, 1.807) is 0 Å². The quantitative estimate of drug-likeness (QED) is 0.233. The molecule has 4 N–H and O–H groups in total. The number of hydrogen-bond acceptors (Lipinski definition) is 5. The lowest BCUT2D eigenvalue weighted by Gasteiger charge is -2.08. The van der Waals surface area contributed by atoms with E-state index in [0.29, 0.717) is 12.1 Å². The van der Waals surface area contributed by atoms with Crippen LogP contribution < -0.4 is 10.6 Å². The summed E-state index contributed by atoms with van der Waals surface area (Å²) in [6, 6.07) is 14.0. The van der Waals surface area contributed by atoms with Crippen LogP contribution in [-0.2, 0) is 12.8 Å². The smallest absolute Gasteiger partial charge is 0.138 e. The van der Waals surface area contributed by atoms with E-state index in [1.165, 1.54) is 40.5 Å². The van der Waals surface area contributed by atoms with Gasteiger partial charge in [0, 0.05) is 22.1 Å². The van der Waals surface area contributed by atoms with Gasteiger partial charge in [-0.15, -0.1) is 0 Å². The van der Waals surface area contributed by atoms with E-state index in [9.17, 15) is 0 Å². The average molecular weight is 505 g/mol. The van der Waals surface area contributed by atoms with E-state index in [4.69, 9.17) is 4.42 Å². The molecule has 3 aromatic heterocycles. The van der Waals surface area contributed by atoms with Crippen LogP contribution >= 0.6 is 0 Å². The second-order valence-corrected chi connectivity index (χ2v) is 11.0. The molecule has 2 saturated heterocycles. The summed E-state index contributed by atoms with van der Waals surface area (Å²) in [5, 5.41) is 8.28. The summed E-state index contributed by atoms with van der Waals surface area (Å²) < 4.78 is 6.53. The first kappa shape index (κ1) is 22.3. The maximum atomic E-state index is 6.53. The van der Waals surface area contributed by atoms with Crippen LogP contribution in [0.5, 0.6) is 0 Å². The Balaban J connectivity index is 1.14. The zero-order valence-electron chi connectivity index (χ0n) is 21.4. The van der Waals surface area contributed by atoms with Crippen LogP contribution in [0.25, 0.3) is 44.8 Å². The Hall–Kier alpha value is -3.68. The number of hydrogen-bond donors (Lipinski definition) is 4. The molecule has 0 bridgehead atoms. The minimum atomic E-state index is 0.340. The van der Waals surface area contributed by atoms with Gasteiger partial charge in [0.05, 0.1) is 35.9 Å². The molecular weight excluding hydrogens is 472 g/mol. The Labute approximate surface area is 221 Å². The third-order valence-corrected chi connectivity index (χ3v) is 8.61. The van der Waals surface area contributed by atoms with Crippen molar-refractivity contribution in [2.75, 3.05) is 13.1 Å². The number of H-pyrrole nitrogens is 2. The van der Waals surface area contributed by atoms with Crippen molar-refractivity contribution in [3.63, 3.8) is 0 Å². The van der Waals surface area contributed by atoms with Crippen molar-refractivity contribution in [3.05, 3.63) is 71.6 Å². The van der Waals surface area contributed by atoms with Crippen LogP contribution in [0.1, 0.15) is 67.0 Å². The summed E-state index contributed by atoms with van der Waals surface area (Å²) in [5.41, 5.74) is 9.33. The predicted octanol–water partition coefficient (Wildman–Crippen LogP) is 6.22. The fourth-order valence-electron chi connectivity index (χ4n) is 6.58. The predicted molar refractivity (Wildman–Crippen MR) is 149 cm³/mol. The number of aromatic nitrogens is 4. The van der Waals surface area contributed by atoms with Crippen molar-refractivity contribution in [2.24, 2.45) is 0 Å². The number of aromatic amines is 2. The first-order chi connectivity index (χ1) is 18.8. The lowest BCUT2D eigenvalue weighted by atomic mass is 9.98. The summed E-state index contributed by atoms with van der Waals surface area (Å²) >= 11 is 0. The van der Waals surface area contributed by atoms with Crippen molar-refractivity contribution in [1.82, 2.24) is 30.6 Å². The van der Waals surface area contributed by atoms with Gasteiger partial charge in [-0.05, 0) is 93.4 Å². The standard InChI is InChI=1S/C31H32N6O/c1-4-18-14-19(26-16-34-30(36-26)24-6-2-12-32-24)8-10-21(18)29-22(5-1)23-15-20(9-11-28(23)38-29)27-17-35-31(37-27)25-7-3-13-33-25/h8-11,14-17,24-25,32-33H,1-7,12-13H2,(H,34,36)(H,35,37)/t24?,25-/m0/s1. The molecule has 2 aliphatic heterocycles. The van der Waals surface area contributed by atoms with E-state index in [0.717, 1.165) is 85.1 Å². The fraction of sp³-hybridized carbons (Fsp3) is 0.355. The van der Waals surface area contributed by atoms with Crippen molar-refractivity contribution in [3.8, 4) is 33.8 Å². The second kappa shape index (κ2) is 8.96. The molecule has 5 aromatic rings. The molecule has 38 heavy (non-hydrogen) atoms. The molecule has 7 heteroatoms. The number of nitrogens with zero attached hydrogens (tertiary/aromatic N) is 2. The maximum absolute atomic E-state index is 6.53. The highest BCUT2D eigenvalue weighted by atomic mass is 16.3. The Morgan fingerprint density at radius 2 is 1.42 bits per heavy atom. The van der Waals surface area contributed by atoms with Crippen molar-refractivity contribution < 1.29 is 4.42 Å². The highest BCUT2D eigenvalue weighted by Gasteiger charge is 2.24. The lowest BCUT2D eigenvalue weighted by molar-refractivity contribution is 0.613. The molecule has 0 spiro atoms. The molecule has 7 nitrogen and oxygen atoms in total. The minimum Gasteiger partial charge on any atom is -0.456 e. The molecule has 2 atom stereocenters. The molecule has 2 aromatic carbocycles. The van der Waals surface area contributed by atoms with Gasteiger partial charge in [-0.25, -0.2) is 9.97 Å².